The van der Waals surface area contributed by atoms with E-state index in [1.807, 2.05) is 17.9 Å². The molecule has 2 aliphatic heterocycles. The molecule has 2 aliphatic rings. The average molecular weight is 330 g/mol. The summed E-state index contributed by atoms with van der Waals surface area (Å²) in [7, 11) is 0. The van der Waals surface area contributed by atoms with Crippen LogP contribution in [0.5, 0.6) is 0 Å². The van der Waals surface area contributed by atoms with Gasteiger partial charge in [-0.3, -0.25) is 9.69 Å². The first-order valence-electron chi connectivity index (χ1n) is 7.51. The number of aryl methyl sites for hydroxylation is 1. The van der Waals surface area contributed by atoms with E-state index >= 15 is 0 Å². The van der Waals surface area contributed by atoms with Crippen molar-refractivity contribution < 1.29 is 18.7 Å². The predicted molar refractivity (Wildman–Crippen MR) is 80.5 cm³/mol. The number of β-amino-alcohol motifs (C(OH)–C–C–N with tert-alkyl or cyclic N) is 1. The van der Waals surface area contributed by atoms with E-state index in [1.165, 1.54) is 11.3 Å². The topological polar surface area (TPSA) is 43.8 Å². The van der Waals surface area contributed by atoms with Crippen molar-refractivity contribution in [3.63, 3.8) is 0 Å². The molecule has 1 N–H and O–H groups in total. The summed E-state index contributed by atoms with van der Waals surface area (Å²) < 4.78 is 26.5. The summed E-state index contributed by atoms with van der Waals surface area (Å²) >= 11 is 1.43. The maximum absolute atomic E-state index is 13.2. The van der Waals surface area contributed by atoms with E-state index < -0.39 is 12.0 Å². The number of aliphatic hydroxyl groups is 1. The summed E-state index contributed by atoms with van der Waals surface area (Å²) in [5, 5.41) is 10.2. The van der Waals surface area contributed by atoms with Crippen LogP contribution in [0.4, 0.5) is 8.78 Å². The second-order valence-corrected chi connectivity index (χ2v) is 7.43. The number of likely N-dealkylation sites (tertiary alicyclic amines) is 2. The zero-order valence-corrected chi connectivity index (χ0v) is 13.3. The fourth-order valence-corrected chi connectivity index (χ4v) is 4.02. The maximum Gasteiger partial charge on any atom is 0.264 e. The Hall–Kier alpha value is -1.05. The Morgan fingerprint density at radius 2 is 2.00 bits per heavy atom. The van der Waals surface area contributed by atoms with Crippen LogP contribution >= 0.6 is 11.3 Å². The van der Waals surface area contributed by atoms with Gasteiger partial charge in [-0.05, 0) is 19.1 Å². The Balaban J connectivity index is 1.63. The Bertz CT molecular complexity index is 553. The lowest BCUT2D eigenvalue weighted by Crippen LogP contribution is -2.49. The summed E-state index contributed by atoms with van der Waals surface area (Å²) in [6.45, 7) is 3.16. The quantitative estimate of drug-likeness (QED) is 0.902. The van der Waals surface area contributed by atoms with Crippen LogP contribution < -0.4 is 0 Å². The molecule has 4 nitrogen and oxygen atoms in total. The SMILES string of the molecule is Cc1ccc(C(=O)N2C[C@@H](O)[C@H](N3CCC(F)(F)CC3)C2)s1. The van der Waals surface area contributed by atoms with Crippen LogP contribution in [-0.2, 0) is 0 Å². The van der Waals surface area contributed by atoms with E-state index in [4.69, 9.17) is 0 Å². The number of carbonyl (C=O) groups is 1. The third kappa shape index (κ3) is 3.16. The van der Waals surface area contributed by atoms with E-state index in [0.717, 1.165) is 4.88 Å². The molecule has 0 aliphatic carbocycles. The molecule has 1 aromatic heterocycles. The molecule has 0 aromatic carbocycles. The highest BCUT2D eigenvalue weighted by atomic mass is 32.1. The molecule has 2 atom stereocenters. The molecule has 0 unspecified atom stereocenters. The van der Waals surface area contributed by atoms with Crippen molar-refractivity contribution in [3.8, 4) is 0 Å². The molecule has 0 saturated carbocycles. The minimum atomic E-state index is -2.59. The van der Waals surface area contributed by atoms with Gasteiger partial charge in [-0.15, -0.1) is 11.3 Å². The number of aliphatic hydroxyl groups excluding tert-OH is 1. The van der Waals surface area contributed by atoms with Crippen molar-refractivity contribution in [1.82, 2.24) is 9.80 Å². The van der Waals surface area contributed by atoms with Gasteiger partial charge in [0.25, 0.3) is 11.8 Å². The van der Waals surface area contributed by atoms with E-state index in [0.29, 0.717) is 11.4 Å². The molecule has 0 radical (unpaired) electrons. The van der Waals surface area contributed by atoms with Gasteiger partial charge in [-0.25, -0.2) is 8.78 Å². The Kier molecular flexibility index (Phi) is 4.22. The van der Waals surface area contributed by atoms with Gasteiger partial charge in [0, 0.05) is 43.9 Å². The highest BCUT2D eigenvalue weighted by molar-refractivity contribution is 7.13. The molecule has 122 valence electrons. The Morgan fingerprint density at radius 3 is 2.59 bits per heavy atom. The second-order valence-electron chi connectivity index (χ2n) is 6.15. The largest absolute Gasteiger partial charge is 0.390 e. The lowest BCUT2D eigenvalue weighted by Gasteiger charge is -2.36. The third-order valence-corrected chi connectivity index (χ3v) is 5.48. The third-order valence-electron chi connectivity index (χ3n) is 4.50. The fraction of sp³-hybridized carbons (Fsp3) is 0.667. The number of alkyl halides is 2. The van der Waals surface area contributed by atoms with Gasteiger partial charge in [-0.2, -0.15) is 0 Å². The molecule has 2 fully saturated rings. The van der Waals surface area contributed by atoms with Gasteiger partial charge in [0.2, 0.25) is 0 Å². The number of halogens is 2. The lowest BCUT2D eigenvalue weighted by atomic mass is 10.0. The van der Waals surface area contributed by atoms with Crippen molar-refractivity contribution in [1.29, 1.82) is 0 Å². The number of amides is 1. The predicted octanol–water partition coefficient (Wildman–Crippen LogP) is 1.97. The first-order chi connectivity index (χ1) is 10.4. The summed E-state index contributed by atoms with van der Waals surface area (Å²) in [6.07, 6.45) is -1.01. The number of carbonyl (C=O) groups excluding carboxylic acids is 1. The molecule has 2 saturated heterocycles. The van der Waals surface area contributed by atoms with E-state index in [2.05, 4.69) is 0 Å². The smallest absolute Gasteiger partial charge is 0.264 e. The lowest BCUT2D eigenvalue weighted by molar-refractivity contribution is -0.0697. The van der Waals surface area contributed by atoms with Crippen molar-refractivity contribution in [2.24, 2.45) is 0 Å². The second kappa shape index (κ2) is 5.86. The number of nitrogens with zero attached hydrogens (tertiary/aromatic N) is 2. The van der Waals surface area contributed by atoms with Gasteiger partial charge in [0.1, 0.15) is 0 Å². The van der Waals surface area contributed by atoms with Crippen LogP contribution in [0.1, 0.15) is 27.4 Å². The molecule has 0 bridgehead atoms. The highest BCUT2D eigenvalue weighted by Gasteiger charge is 2.42. The standard InChI is InChI=1S/C15H20F2N2O2S/c1-10-2-3-13(22-10)14(21)19-8-11(12(20)9-19)18-6-4-15(16,17)5-7-18/h2-3,11-12,20H,4-9H2,1H3/t11-,12-/m1/s1. The monoisotopic (exact) mass is 330 g/mol. The van der Waals surface area contributed by atoms with Gasteiger partial charge in [-0.1, -0.05) is 0 Å². The van der Waals surface area contributed by atoms with Crippen LogP contribution in [0.3, 0.4) is 0 Å². The highest BCUT2D eigenvalue weighted by Crippen LogP contribution is 2.31. The summed E-state index contributed by atoms with van der Waals surface area (Å²) in [5.74, 6) is -2.67. The van der Waals surface area contributed by atoms with Crippen LogP contribution in [-0.4, -0.2) is 65.1 Å². The molecule has 3 heterocycles. The van der Waals surface area contributed by atoms with Gasteiger partial charge in [0.15, 0.2) is 0 Å². The van der Waals surface area contributed by atoms with Crippen LogP contribution in [0.25, 0.3) is 0 Å². The normalized spacial score (nSPS) is 29.0. The fourth-order valence-electron chi connectivity index (χ4n) is 3.18. The molecule has 0 spiro atoms. The zero-order chi connectivity index (χ0) is 15.9. The molecule has 22 heavy (non-hydrogen) atoms. The minimum absolute atomic E-state index is 0.0815. The minimum Gasteiger partial charge on any atom is -0.390 e. The summed E-state index contributed by atoms with van der Waals surface area (Å²) in [4.78, 5) is 17.7. The molecule has 1 amide bonds. The van der Waals surface area contributed by atoms with Crippen molar-refractivity contribution >= 4 is 17.2 Å². The summed E-state index contributed by atoms with van der Waals surface area (Å²) in [6, 6.07) is 3.46. The van der Waals surface area contributed by atoms with Gasteiger partial charge >= 0.3 is 0 Å². The van der Waals surface area contributed by atoms with Crippen LogP contribution in [0.15, 0.2) is 12.1 Å². The Labute approximate surface area is 132 Å². The molecule has 7 heteroatoms. The average Bonchev–Trinajstić information content (AvgIpc) is 3.05. The van der Waals surface area contributed by atoms with Crippen molar-refractivity contribution in [2.75, 3.05) is 26.2 Å². The number of rotatable bonds is 2. The summed E-state index contributed by atoms with van der Waals surface area (Å²) in [5.41, 5.74) is 0. The van der Waals surface area contributed by atoms with E-state index in [-0.39, 0.29) is 44.4 Å². The van der Waals surface area contributed by atoms with Gasteiger partial charge < -0.3 is 10.0 Å². The molecule has 1 aromatic rings. The Morgan fingerprint density at radius 1 is 1.32 bits per heavy atom. The molecular formula is C15H20F2N2O2S. The van der Waals surface area contributed by atoms with E-state index in [9.17, 15) is 18.7 Å². The number of hydrogen-bond donors (Lipinski definition) is 1. The van der Waals surface area contributed by atoms with Crippen LogP contribution in [0, 0.1) is 6.92 Å². The number of thiophene rings is 1. The first kappa shape index (κ1) is 15.8. The zero-order valence-electron chi connectivity index (χ0n) is 12.5. The molecular weight excluding hydrogens is 310 g/mol. The molecule has 3 rings (SSSR count). The number of piperidine rings is 1. The number of hydrogen-bond acceptors (Lipinski definition) is 4. The van der Waals surface area contributed by atoms with Gasteiger partial charge in [0.05, 0.1) is 17.0 Å². The van der Waals surface area contributed by atoms with Crippen molar-refractivity contribution in [3.05, 3.63) is 21.9 Å². The first-order valence-corrected chi connectivity index (χ1v) is 8.33. The van der Waals surface area contributed by atoms with Crippen LogP contribution in [0.2, 0.25) is 0 Å². The maximum atomic E-state index is 13.2. The van der Waals surface area contributed by atoms with Crippen molar-refractivity contribution in [2.45, 2.75) is 37.8 Å². The van der Waals surface area contributed by atoms with E-state index in [1.54, 1.807) is 11.0 Å².